The van der Waals surface area contributed by atoms with Crippen LogP contribution in [0.1, 0.15) is 26.2 Å². The van der Waals surface area contributed by atoms with Crippen molar-refractivity contribution >= 4 is 11.6 Å². The van der Waals surface area contributed by atoms with E-state index in [4.69, 9.17) is 16.3 Å². The number of ether oxygens (including phenoxy) is 1. The minimum atomic E-state index is 0.451. The molecule has 0 N–H and O–H groups in total. The number of morpholine rings is 1. The molecule has 0 amide bonds. The summed E-state index contributed by atoms with van der Waals surface area (Å²) < 4.78 is 5.38. The first-order valence-corrected chi connectivity index (χ1v) is 5.79. The maximum atomic E-state index is 5.87. The molecule has 78 valence electrons. The van der Waals surface area contributed by atoms with Gasteiger partial charge in [0, 0.05) is 18.5 Å². The summed E-state index contributed by atoms with van der Waals surface area (Å²) in [5.41, 5.74) is 0. The fourth-order valence-corrected chi connectivity index (χ4v) is 1.97. The first-order chi connectivity index (χ1) is 6.38. The molecule has 1 aliphatic rings. The highest BCUT2D eigenvalue weighted by Crippen LogP contribution is 2.10. The molecule has 1 aliphatic heterocycles. The largest absolute Gasteiger partial charge is 0.378 e. The minimum absolute atomic E-state index is 0.451. The molecule has 1 rings (SSSR count). The van der Waals surface area contributed by atoms with Gasteiger partial charge in [0.05, 0.1) is 13.2 Å². The molecule has 0 aliphatic carbocycles. The number of hydrogen-bond donors (Lipinski definition) is 0. The van der Waals surface area contributed by atoms with E-state index in [1.165, 1.54) is 25.8 Å². The van der Waals surface area contributed by atoms with Crippen molar-refractivity contribution in [2.24, 2.45) is 0 Å². The second-order valence-corrected chi connectivity index (χ2v) is 3.93. The average molecular weight is 206 g/mol. The van der Waals surface area contributed by atoms with Crippen molar-refractivity contribution in [1.29, 1.82) is 0 Å². The monoisotopic (exact) mass is 205 g/mol. The van der Waals surface area contributed by atoms with Crippen LogP contribution in [0.25, 0.3) is 0 Å². The zero-order chi connectivity index (χ0) is 9.52. The maximum absolute atomic E-state index is 5.87. The SMILES string of the molecule is CCCCCN1CCOCC1CCl. The van der Waals surface area contributed by atoms with Gasteiger partial charge < -0.3 is 4.74 Å². The smallest absolute Gasteiger partial charge is 0.0634 e. The first kappa shape index (κ1) is 11.3. The highest BCUT2D eigenvalue weighted by Gasteiger charge is 2.20. The molecule has 1 unspecified atom stereocenters. The molecular weight excluding hydrogens is 186 g/mol. The standard InChI is InChI=1S/C10H20ClNO/c1-2-3-4-5-12-6-7-13-9-10(12)8-11/h10H,2-9H2,1H3. The number of hydrogen-bond acceptors (Lipinski definition) is 2. The van der Waals surface area contributed by atoms with Crippen molar-refractivity contribution in [3.05, 3.63) is 0 Å². The molecule has 1 atom stereocenters. The van der Waals surface area contributed by atoms with Crippen molar-refractivity contribution in [1.82, 2.24) is 4.90 Å². The van der Waals surface area contributed by atoms with Gasteiger partial charge in [-0.15, -0.1) is 11.6 Å². The quantitative estimate of drug-likeness (QED) is 0.504. The van der Waals surface area contributed by atoms with Gasteiger partial charge in [-0.25, -0.2) is 0 Å². The lowest BCUT2D eigenvalue weighted by atomic mass is 10.2. The van der Waals surface area contributed by atoms with E-state index in [0.717, 1.165) is 19.8 Å². The summed E-state index contributed by atoms with van der Waals surface area (Å²) in [4.78, 5) is 2.46. The first-order valence-electron chi connectivity index (χ1n) is 5.26. The van der Waals surface area contributed by atoms with Gasteiger partial charge in [0.1, 0.15) is 0 Å². The fraction of sp³-hybridized carbons (Fsp3) is 1.00. The van der Waals surface area contributed by atoms with Crippen LogP contribution < -0.4 is 0 Å². The molecule has 1 heterocycles. The fourth-order valence-electron chi connectivity index (χ4n) is 1.69. The van der Waals surface area contributed by atoms with Gasteiger partial charge in [0.15, 0.2) is 0 Å². The molecule has 13 heavy (non-hydrogen) atoms. The molecule has 0 aromatic heterocycles. The topological polar surface area (TPSA) is 12.5 Å². The lowest BCUT2D eigenvalue weighted by molar-refractivity contribution is 0.000444. The van der Waals surface area contributed by atoms with E-state index in [1.54, 1.807) is 0 Å². The molecule has 1 fully saturated rings. The Hall–Kier alpha value is 0.210. The number of nitrogens with zero attached hydrogens (tertiary/aromatic N) is 1. The molecule has 0 saturated carbocycles. The van der Waals surface area contributed by atoms with Gasteiger partial charge in [-0.2, -0.15) is 0 Å². The maximum Gasteiger partial charge on any atom is 0.0634 e. The molecule has 1 saturated heterocycles. The van der Waals surface area contributed by atoms with Crippen molar-refractivity contribution in [3.8, 4) is 0 Å². The Kier molecular flexibility index (Phi) is 5.76. The summed E-state index contributed by atoms with van der Waals surface area (Å²) in [5, 5.41) is 0. The summed E-state index contributed by atoms with van der Waals surface area (Å²) >= 11 is 5.87. The summed E-state index contributed by atoms with van der Waals surface area (Å²) in [6, 6.07) is 0.451. The van der Waals surface area contributed by atoms with Crippen LogP contribution in [-0.4, -0.2) is 43.1 Å². The number of unbranched alkanes of at least 4 members (excludes halogenated alkanes) is 2. The molecular formula is C10H20ClNO. The Balaban J connectivity index is 2.19. The second-order valence-electron chi connectivity index (χ2n) is 3.63. The predicted octanol–water partition coefficient (Wildman–Crippen LogP) is 2.12. The van der Waals surface area contributed by atoms with Gasteiger partial charge >= 0.3 is 0 Å². The van der Waals surface area contributed by atoms with Crippen LogP contribution in [0.15, 0.2) is 0 Å². The van der Waals surface area contributed by atoms with E-state index in [2.05, 4.69) is 11.8 Å². The zero-order valence-corrected chi connectivity index (χ0v) is 9.22. The van der Waals surface area contributed by atoms with Gasteiger partial charge in [0.25, 0.3) is 0 Å². The lowest BCUT2D eigenvalue weighted by Crippen LogP contribution is -2.46. The van der Waals surface area contributed by atoms with E-state index in [-0.39, 0.29) is 0 Å². The average Bonchev–Trinajstić information content (AvgIpc) is 2.19. The molecule has 3 heteroatoms. The Morgan fingerprint density at radius 3 is 3.00 bits per heavy atom. The van der Waals surface area contributed by atoms with E-state index < -0.39 is 0 Å². The summed E-state index contributed by atoms with van der Waals surface area (Å²) in [5.74, 6) is 0.701. The van der Waals surface area contributed by atoms with Gasteiger partial charge in [0.2, 0.25) is 0 Å². The van der Waals surface area contributed by atoms with Crippen LogP contribution in [0.2, 0.25) is 0 Å². The lowest BCUT2D eigenvalue weighted by Gasteiger charge is -2.34. The second kappa shape index (κ2) is 6.63. The van der Waals surface area contributed by atoms with E-state index in [0.29, 0.717) is 11.9 Å². The van der Waals surface area contributed by atoms with Crippen LogP contribution in [0.4, 0.5) is 0 Å². The van der Waals surface area contributed by atoms with Gasteiger partial charge in [-0.3, -0.25) is 4.90 Å². The Bertz CT molecular complexity index is 132. The van der Waals surface area contributed by atoms with Gasteiger partial charge in [-0.1, -0.05) is 19.8 Å². The third-order valence-corrected chi connectivity index (χ3v) is 2.93. The highest BCUT2D eigenvalue weighted by molar-refractivity contribution is 6.18. The van der Waals surface area contributed by atoms with Crippen LogP contribution >= 0.6 is 11.6 Å². The number of alkyl halides is 1. The minimum Gasteiger partial charge on any atom is -0.378 e. The Morgan fingerprint density at radius 1 is 1.46 bits per heavy atom. The predicted molar refractivity (Wildman–Crippen MR) is 56.4 cm³/mol. The molecule has 0 bridgehead atoms. The zero-order valence-electron chi connectivity index (χ0n) is 8.47. The molecule has 2 nitrogen and oxygen atoms in total. The molecule has 0 radical (unpaired) electrons. The van der Waals surface area contributed by atoms with E-state index >= 15 is 0 Å². The number of rotatable bonds is 5. The summed E-state index contributed by atoms with van der Waals surface area (Å²) in [6.45, 7) is 6.17. The Labute approximate surface area is 86.2 Å². The van der Waals surface area contributed by atoms with E-state index in [1.807, 2.05) is 0 Å². The van der Waals surface area contributed by atoms with Crippen molar-refractivity contribution < 1.29 is 4.74 Å². The van der Waals surface area contributed by atoms with Crippen molar-refractivity contribution in [2.45, 2.75) is 32.2 Å². The van der Waals surface area contributed by atoms with Crippen molar-refractivity contribution in [2.75, 3.05) is 32.2 Å². The molecule has 0 spiro atoms. The van der Waals surface area contributed by atoms with E-state index in [9.17, 15) is 0 Å². The normalized spacial score (nSPS) is 24.9. The van der Waals surface area contributed by atoms with Crippen LogP contribution in [0.3, 0.4) is 0 Å². The van der Waals surface area contributed by atoms with Crippen molar-refractivity contribution in [3.63, 3.8) is 0 Å². The van der Waals surface area contributed by atoms with Crippen LogP contribution in [-0.2, 0) is 4.74 Å². The summed E-state index contributed by atoms with van der Waals surface area (Å²) in [7, 11) is 0. The summed E-state index contributed by atoms with van der Waals surface area (Å²) in [6.07, 6.45) is 3.91. The Morgan fingerprint density at radius 2 is 2.31 bits per heavy atom. The van der Waals surface area contributed by atoms with Crippen LogP contribution in [0, 0.1) is 0 Å². The molecule has 0 aromatic carbocycles. The number of halogens is 1. The van der Waals surface area contributed by atoms with Crippen LogP contribution in [0.5, 0.6) is 0 Å². The van der Waals surface area contributed by atoms with Gasteiger partial charge in [-0.05, 0) is 13.0 Å². The molecule has 0 aromatic rings. The third kappa shape index (κ3) is 3.84. The highest BCUT2D eigenvalue weighted by atomic mass is 35.5. The third-order valence-electron chi connectivity index (χ3n) is 2.58.